The predicted octanol–water partition coefficient (Wildman–Crippen LogP) is 5.70. The third-order valence-corrected chi connectivity index (χ3v) is 3.88. The van der Waals surface area contributed by atoms with Crippen LogP contribution in [0.5, 0.6) is 0 Å². The molecule has 0 atom stereocenters. The van der Waals surface area contributed by atoms with Gasteiger partial charge in [-0.15, -0.1) is 5.11 Å². The molecule has 0 aliphatic heterocycles. The van der Waals surface area contributed by atoms with Crippen molar-refractivity contribution in [3.63, 3.8) is 0 Å². The van der Waals surface area contributed by atoms with Crippen LogP contribution in [0.4, 0.5) is 42.5 Å². The predicted molar refractivity (Wildman–Crippen MR) is 98.4 cm³/mol. The molecule has 0 aliphatic rings. The molecule has 0 heterocycles. The average Bonchev–Trinajstić information content (AvgIpc) is 2.72. The average molecular weight is 454 g/mol. The molecule has 0 unspecified atom stereocenters. The van der Waals surface area contributed by atoms with Crippen molar-refractivity contribution in [2.24, 2.45) is 10.3 Å². The molecule has 13 heteroatoms. The zero-order valence-corrected chi connectivity index (χ0v) is 16.1. The Kier molecular flexibility index (Phi) is 7.05. The van der Waals surface area contributed by atoms with E-state index in [9.17, 15) is 36.4 Å². The minimum Gasteiger partial charge on any atom is -0.336 e. The van der Waals surface area contributed by atoms with Gasteiger partial charge in [-0.05, 0) is 43.3 Å². The van der Waals surface area contributed by atoms with E-state index in [1.54, 1.807) is 12.1 Å². The quantitative estimate of drug-likeness (QED) is 0.364. The van der Waals surface area contributed by atoms with Gasteiger partial charge in [-0.3, -0.25) is 0 Å². The molecule has 7 nitrogen and oxygen atoms in total. The summed E-state index contributed by atoms with van der Waals surface area (Å²) in [5.41, 5.74) is -4.26. The number of urea groups is 1. The Labute approximate surface area is 177 Å². The van der Waals surface area contributed by atoms with Gasteiger partial charge in [0.05, 0.1) is 27.9 Å². The van der Waals surface area contributed by atoms with E-state index < -0.39 is 40.9 Å². The smallest absolute Gasteiger partial charge is 0.336 e. The lowest BCUT2D eigenvalue weighted by molar-refractivity contribution is -0.138. The van der Waals surface area contributed by atoms with Crippen molar-refractivity contribution in [2.75, 3.05) is 11.6 Å². The van der Waals surface area contributed by atoms with Crippen LogP contribution in [0.2, 0.25) is 0 Å². The molecule has 0 fully saturated rings. The van der Waals surface area contributed by atoms with Crippen LogP contribution in [0, 0.1) is 22.7 Å². The van der Waals surface area contributed by atoms with Gasteiger partial charge in [0.15, 0.2) is 0 Å². The highest BCUT2D eigenvalue weighted by Gasteiger charge is 2.33. The first-order chi connectivity index (χ1) is 14.9. The summed E-state index contributed by atoms with van der Waals surface area (Å²) in [7, 11) is 0. The molecule has 0 bridgehead atoms. The molecular weight excluding hydrogens is 442 g/mol. The third-order valence-electron chi connectivity index (χ3n) is 3.88. The number of alkyl halides is 6. The van der Waals surface area contributed by atoms with Gasteiger partial charge < -0.3 is 5.32 Å². The third kappa shape index (κ3) is 5.51. The highest BCUT2D eigenvalue weighted by molar-refractivity contribution is 5.92. The minimum atomic E-state index is -4.82. The summed E-state index contributed by atoms with van der Waals surface area (Å²) in [6, 6.07) is 5.99. The van der Waals surface area contributed by atoms with Crippen molar-refractivity contribution in [1.29, 1.82) is 10.5 Å². The standard InChI is InChI=1S/C19H12F6N6O/c1-2-28-17(32)31(16-8-14(19(23,24)25)6-4-12(16)10-27)30-29-15-7-13(18(20,21)22)5-3-11(15)9-26/h3-8H,2H2,1H3,(H,28,32). The Bertz CT molecular complexity index is 1130. The number of nitriles is 2. The van der Waals surface area contributed by atoms with Crippen molar-refractivity contribution >= 4 is 17.4 Å². The fraction of sp³-hybridized carbons (Fsp3) is 0.211. The number of anilines is 1. The lowest BCUT2D eigenvalue weighted by Gasteiger charge is -2.19. The van der Waals surface area contributed by atoms with Gasteiger partial charge in [0.2, 0.25) is 0 Å². The molecule has 0 spiro atoms. The van der Waals surface area contributed by atoms with E-state index in [0.29, 0.717) is 29.3 Å². The molecule has 0 aliphatic carbocycles. The zero-order chi connectivity index (χ0) is 24.1. The molecule has 2 rings (SSSR count). The van der Waals surface area contributed by atoms with Crippen molar-refractivity contribution in [2.45, 2.75) is 19.3 Å². The molecule has 166 valence electrons. The first-order valence-electron chi connectivity index (χ1n) is 8.64. The lowest BCUT2D eigenvalue weighted by atomic mass is 10.1. The van der Waals surface area contributed by atoms with Gasteiger partial charge in [0.1, 0.15) is 17.8 Å². The number of carbonyl (C=O) groups is 1. The van der Waals surface area contributed by atoms with Crippen LogP contribution in [-0.4, -0.2) is 12.6 Å². The van der Waals surface area contributed by atoms with E-state index >= 15 is 0 Å². The second-order valence-corrected chi connectivity index (χ2v) is 6.02. The normalized spacial score (nSPS) is 11.7. The van der Waals surface area contributed by atoms with Gasteiger partial charge in [0, 0.05) is 6.54 Å². The topological polar surface area (TPSA) is 105 Å². The molecule has 2 aromatic carbocycles. The summed E-state index contributed by atoms with van der Waals surface area (Å²) in [6.45, 7) is 1.50. The molecular formula is C19H12F6N6O. The number of nitrogens with zero attached hydrogens (tertiary/aromatic N) is 5. The van der Waals surface area contributed by atoms with Crippen LogP contribution in [0.15, 0.2) is 46.7 Å². The Balaban J connectivity index is 2.65. The van der Waals surface area contributed by atoms with Crippen LogP contribution in [-0.2, 0) is 12.4 Å². The summed E-state index contributed by atoms with van der Waals surface area (Å²) >= 11 is 0. The number of rotatable bonds is 4. The summed E-state index contributed by atoms with van der Waals surface area (Å²) in [5.74, 6) is 0. The molecule has 0 saturated heterocycles. The molecule has 0 radical (unpaired) electrons. The lowest BCUT2D eigenvalue weighted by Crippen LogP contribution is -2.36. The molecule has 0 aromatic heterocycles. The van der Waals surface area contributed by atoms with Gasteiger partial charge in [-0.25, -0.2) is 4.79 Å². The van der Waals surface area contributed by atoms with Crippen molar-refractivity contribution < 1.29 is 31.1 Å². The Morgan fingerprint density at radius 1 is 0.969 bits per heavy atom. The Hall–Kier alpha value is -4.13. The van der Waals surface area contributed by atoms with E-state index in [-0.39, 0.29) is 17.7 Å². The number of amides is 2. The van der Waals surface area contributed by atoms with Crippen molar-refractivity contribution in [3.05, 3.63) is 58.7 Å². The molecule has 2 aromatic rings. The number of halogens is 6. The maximum Gasteiger partial charge on any atom is 0.416 e. The summed E-state index contributed by atoms with van der Waals surface area (Å²) in [5, 5.41) is 27.8. The second kappa shape index (κ2) is 9.34. The highest BCUT2D eigenvalue weighted by atomic mass is 19.4. The highest BCUT2D eigenvalue weighted by Crippen LogP contribution is 2.35. The largest absolute Gasteiger partial charge is 0.416 e. The van der Waals surface area contributed by atoms with E-state index in [0.717, 1.165) is 12.1 Å². The van der Waals surface area contributed by atoms with Crippen LogP contribution in [0.1, 0.15) is 29.2 Å². The number of carbonyl (C=O) groups excluding carboxylic acids is 1. The van der Waals surface area contributed by atoms with Crippen LogP contribution in [0.25, 0.3) is 0 Å². The molecule has 32 heavy (non-hydrogen) atoms. The number of nitrogens with one attached hydrogen (secondary N) is 1. The van der Waals surface area contributed by atoms with Crippen molar-refractivity contribution in [1.82, 2.24) is 5.32 Å². The first kappa shape index (κ1) is 24.1. The van der Waals surface area contributed by atoms with Crippen molar-refractivity contribution in [3.8, 4) is 12.1 Å². The Morgan fingerprint density at radius 3 is 2.00 bits per heavy atom. The molecule has 0 saturated carbocycles. The molecule has 2 amide bonds. The maximum absolute atomic E-state index is 13.1. The number of benzene rings is 2. The second-order valence-electron chi connectivity index (χ2n) is 6.02. The zero-order valence-electron chi connectivity index (χ0n) is 16.1. The van der Waals surface area contributed by atoms with Gasteiger partial charge in [-0.1, -0.05) is 5.22 Å². The Morgan fingerprint density at radius 2 is 1.50 bits per heavy atom. The summed E-state index contributed by atoms with van der Waals surface area (Å²) < 4.78 is 78.3. The van der Waals surface area contributed by atoms with Gasteiger partial charge in [-0.2, -0.15) is 41.9 Å². The van der Waals surface area contributed by atoms with Crippen LogP contribution in [0.3, 0.4) is 0 Å². The van der Waals surface area contributed by atoms with E-state index in [1.807, 2.05) is 0 Å². The number of hydrogen-bond acceptors (Lipinski definition) is 5. The van der Waals surface area contributed by atoms with E-state index in [2.05, 4.69) is 15.7 Å². The SMILES string of the molecule is CCNC(=O)N(N=Nc1cc(C(F)(F)F)ccc1C#N)c1cc(C(F)(F)F)ccc1C#N. The van der Waals surface area contributed by atoms with Crippen LogP contribution >= 0.6 is 0 Å². The van der Waals surface area contributed by atoms with E-state index in [1.165, 1.54) is 6.92 Å². The fourth-order valence-electron chi connectivity index (χ4n) is 2.38. The van der Waals surface area contributed by atoms with Crippen LogP contribution < -0.4 is 10.3 Å². The summed E-state index contributed by atoms with van der Waals surface area (Å²) in [4.78, 5) is 12.4. The monoisotopic (exact) mass is 454 g/mol. The van der Waals surface area contributed by atoms with Gasteiger partial charge in [0.25, 0.3) is 0 Å². The fourth-order valence-corrected chi connectivity index (χ4v) is 2.38. The minimum absolute atomic E-state index is 0.0126. The number of hydrogen-bond donors (Lipinski definition) is 1. The van der Waals surface area contributed by atoms with Gasteiger partial charge >= 0.3 is 18.4 Å². The summed E-state index contributed by atoms with van der Waals surface area (Å²) in [6.07, 6.45) is -9.59. The van der Waals surface area contributed by atoms with E-state index in [4.69, 9.17) is 5.26 Å². The maximum atomic E-state index is 13.1. The molecule has 1 N–H and O–H groups in total. The first-order valence-corrected chi connectivity index (χ1v) is 8.64.